The van der Waals surface area contributed by atoms with Crippen LogP contribution in [0.3, 0.4) is 0 Å². The zero-order valence-electron chi connectivity index (χ0n) is 12.8. The van der Waals surface area contributed by atoms with Crippen LogP contribution in [0.1, 0.15) is 51.9 Å². The highest BCUT2D eigenvalue weighted by Gasteiger charge is 2.64. The second-order valence-electron chi connectivity index (χ2n) is 7.03. The molecule has 0 saturated heterocycles. The van der Waals surface area contributed by atoms with E-state index in [0.29, 0.717) is 38.5 Å². The van der Waals surface area contributed by atoms with Crippen LogP contribution in [0.2, 0.25) is 0 Å². The zero-order chi connectivity index (χ0) is 16.2. The average molecular weight is 317 g/mol. The van der Waals surface area contributed by atoms with E-state index in [1.165, 1.54) is 7.11 Å². The van der Waals surface area contributed by atoms with Crippen molar-refractivity contribution in [1.82, 2.24) is 0 Å². The molecule has 5 nitrogen and oxygen atoms in total. The highest BCUT2D eigenvalue weighted by atomic mass is 19.3. The molecule has 0 spiro atoms. The summed E-state index contributed by atoms with van der Waals surface area (Å²) >= 11 is 0. The van der Waals surface area contributed by atoms with Crippen molar-refractivity contribution >= 4 is 11.7 Å². The molecule has 1 aliphatic heterocycles. The maximum absolute atomic E-state index is 13.4. The summed E-state index contributed by atoms with van der Waals surface area (Å²) in [4.78, 5) is 17.1. The van der Waals surface area contributed by atoms with E-state index in [1.807, 2.05) is 0 Å². The molecule has 0 amide bonds. The van der Waals surface area contributed by atoms with Crippen LogP contribution in [-0.4, -0.2) is 35.6 Å². The van der Waals surface area contributed by atoms with Crippen molar-refractivity contribution in [3.63, 3.8) is 0 Å². The predicted molar refractivity (Wildman–Crippen MR) is 73.3 cm³/mol. The normalized spacial score (nSPS) is 41.0. The molecule has 7 heteroatoms. The van der Waals surface area contributed by atoms with Crippen LogP contribution in [0, 0.1) is 10.8 Å². The van der Waals surface area contributed by atoms with Crippen LogP contribution < -0.4 is 0 Å². The number of carbonyl (C=O) groups excluding carboxylic acids is 1. The van der Waals surface area contributed by atoms with Crippen LogP contribution in [-0.2, 0) is 14.4 Å². The molecule has 1 N–H and O–H groups in total. The third-order valence-corrected chi connectivity index (χ3v) is 5.91. The van der Waals surface area contributed by atoms with Gasteiger partial charge in [-0.05, 0) is 38.5 Å². The highest BCUT2D eigenvalue weighted by molar-refractivity contribution is 5.92. The first kappa shape index (κ1) is 15.6. The van der Waals surface area contributed by atoms with Crippen molar-refractivity contribution in [2.45, 2.75) is 63.6 Å². The lowest BCUT2D eigenvalue weighted by Crippen LogP contribution is -2.57. The summed E-state index contributed by atoms with van der Waals surface area (Å²) in [6.07, 6.45) is 3.14. The van der Waals surface area contributed by atoms with Crippen molar-refractivity contribution in [1.29, 1.82) is 0 Å². The number of hydrogen-bond donors (Lipinski definition) is 1. The molecule has 2 bridgehead atoms. The fourth-order valence-electron chi connectivity index (χ4n) is 4.24. The molecule has 22 heavy (non-hydrogen) atoms. The van der Waals surface area contributed by atoms with E-state index in [2.05, 4.69) is 5.16 Å². The molecule has 1 heterocycles. The standard InChI is InChI=1S/C15H21F2NO4/c1-12(16,17)10-9-15(20,22-18-10)14-6-3-13(4-7-14,5-8-14)11(19)21-2/h20H,3-9H2,1-2H3. The molecule has 1 unspecified atom stereocenters. The minimum absolute atomic E-state index is 0.211. The van der Waals surface area contributed by atoms with Crippen LogP contribution in [0.4, 0.5) is 8.78 Å². The Hall–Kier alpha value is -1.24. The number of carbonyl (C=O) groups is 1. The first-order valence-electron chi connectivity index (χ1n) is 7.61. The van der Waals surface area contributed by atoms with Gasteiger partial charge < -0.3 is 14.7 Å². The van der Waals surface area contributed by atoms with Gasteiger partial charge in [0, 0.05) is 12.3 Å². The van der Waals surface area contributed by atoms with Gasteiger partial charge in [-0.2, -0.15) is 0 Å². The lowest BCUT2D eigenvalue weighted by atomic mass is 9.50. The molecule has 3 aliphatic carbocycles. The number of fused-ring (bicyclic) bond motifs is 3. The number of nitrogens with zero attached hydrogens (tertiary/aromatic N) is 1. The molecule has 4 aliphatic rings. The van der Waals surface area contributed by atoms with E-state index in [9.17, 15) is 18.7 Å². The van der Waals surface area contributed by atoms with Gasteiger partial charge in [0.05, 0.1) is 18.9 Å². The van der Waals surface area contributed by atoms with Gasteiger partial charge in [0.25, 0.3) is 5.92 Å². The molecule has 0 aromatic rings. The van der Waals surface area contributed by atoms with E-state index in [-0.39, 0.29) is 12.4 Å². The van der Waals surface area contributed by atoms with Crippen LogP contribution in [0.15, 0.2) is 5.16 Å². The van der Waals surface area contributed by atoms with Gasteiger partial charge in [0.15, 0.2) is 0 Å². The zero-order valence-corrected chi connectivity index (χ0v) is 12.8. The number of alkyl halides is 2. The van der Waals surface area contributed by atoms with E-state index in [4.69, 9.17) is 9.57 Å². The number of methoxy groups -OCH3 is 1. The van der Waals surface area contributed by atoms with Crippen molar-refractivity contribution in [2.75, 3.05) is 7.11 Å². The Morgan fingerprint density at radius 3 is 2.23 bits per heavy atom. The maximum Gasteiger partial charge on any atom is 0.311 e. The van der Waals surface area contributed by atoms with Crippen molar-refractivity contribution in [3.05, 3.63) is 0 Å². The Kier molecular flexibility index (Phi) is 3.29. The Labute approximate surface area is 127 Å². The predicted octanol–water partition coefficient (Wildman–Crippen LogP) is 2.62. The van der Waals surface area contributed by atoms with Crippen LogP contribution in [0.5, 0.6) is 0 Å². The largest absolute Gasteiger partial charge is 0.469 e. The Bertz CT molecular complexity index is 504. The molecule has 0 aromatic carbocycles. The summed E-state index contributed by atoms with van der Waals surface area (Å²) in [5.74, 6) is -5.00. The molecular weight excluding hydrogens is 296 g/mol. The summed E-state index contributed by atoms with van der Waals surface area (Å²) < 4.78 is 31.7. The Morgan fingerprint density at radius 1 is 1.27 bits per heavy atom. The number of rotatable bonds is 3. The number of aliphatic hydroxyl groups is 1. The fraction of sp³-hybridized carbons (Fsp3) is 0.867. The Morgan fingerprint density at radius 2 is 1.82 bits per heavy atom. The van der Waals surface area contributed by atoms with Gasteiger partial charge in [0.1, 0.15) is 5.71 Å². The van der Waals surface area contributed by atoms with Crippen LogP contribution >= 0.6 is 0 Å². The van der Waals surface area contributed by atoms with E-state index >= 15 is 0 Å². The lowest BCUT2D eigenvalue weighted by molar-refractivity contribution is -0.287. The quantitative estimate of drug-likeness (QED) is 0.813. The second-order valence-corrected chi connectivity index (χ2v) is 7.03. The first-order valence-corrected chi connectivity index (χ1v) is 7.61. The monoisotopic (exact) mass is 317 g/mol. The average Bonchev–Trinajstić information content (AvgIpc) is 2.93. The van der Waals surface area contributed by atoms with Crippen molar-refractivity contribution in [3.8, 4) is 0 Å². The number of esters is 1. The van der Waals surface area contributed by atoms with Crippen molar-refractivity contribution in [2.24, 2.45) is 16.0 Å². The van der Waals surface area contributed by atoms with Gasteiger partial charge in [-0.25, -0.2) is 8.78 Å². The van der Waals surface area contributed by atoms with E-state index in [1.54, 1.807) is 0 Å². The molecule has 0 radical (unpaired) electrons. The number of hydrogen-bond acceptors (Lipinski definition) is 5. The van der Waals surface area contributed by atoms with Gasteiger partial charge in [-0.15, -0.1) is 0 Å². The third-order valence-electron chi connectivity index (χ3n) is 5.91. The number of halogens is 2. The summed E-state index contributed by atoms with van der Waals surface area (Å²) in [6, 6.07) is 0. The number of ether oxygens (including phenoxy) is 1. The Balaban J connectivity index is 1.77. The second kappa shape index (κ2) is 4.63. The molecule has 4 rings (SSSR count). The van der Waals surface area contributed by atoms with Gasteiger partial charge in [-0.1, -0.05) is 5.16 Å². The molecule has 1 atom stereocenters. The molecular formula is C15H21F2NO4. The SMILES string of the molecule is COC(=O)C12CCC(C3(O)CC(C(C)(F)F)=NO3)(CC1)CC2. The van der Waals surface area contributed by atoms with Crippen LogP contribution in [0.25, 0.3) is 0 Å². The fourth-order valence-corrected chi connectivity index (χ4v) is 4.24. The number of oxime groups is 1. The molecule has 0 aromatic heterocycles. The third kappa shape index (κ3) is 2.05. The van der Waals surface area contributed by atoms with Crippen molar-refractivity contribution < 1.29 is 28.3 Å². The molecule has 124 valence electrons. The van der Waals surface area contributed by atoms with Gasteiger partial charge >= 0.3 is 5.97 Å². The summed E-state index contributed by atoms with van der Waals surface area (Å²) in [5.41, 5.74) is -1.51. The minimum Gasteiger partial charge on any atom is -0.469 e. The molecule has 3 fully saturated rings. The summed E-state index contributed by atoms with van der Waals surface area (Å²) in [7, 11) is 1.38. The summed E-state index contributed by atoms with van der Waals surface area (Å²) in [5, 5.41) is 14.3. The van der Waals surface area contributed by atoms with E-state index in [0.717, 1.165) is 6.92 Å². The lowest BCUT2D eigenvalue weighted by Gasteiger charge is -2.55. The highest BCUT2D eigenvalue weighted by Crippen LogP contribution is 2.63. The summed E-state index contributed by atoms with van der Waals surface area (Å²) in [6.45, 7) is 0.753. The van der Waals surface area contributed by atoms with E-state index < -0.39 is 28.3 Å². The minimum atomic E-state index is -3.10. The first-order chi connectivity index (χ1) is 10.2. The topological polar surface area (TPSA) is 68.1 Å². The van der Waals surface area contributed by atoms with Gasteiger partial charge in [-0.3, -0.25) is 4.79 Å². The molecule has 3 saturated carbocycles. The smallest absolute Gasteiger partial charge is 0.311 e. The van der Waals surface area contributed by atoms with Gasteiger partial charge in [0.2, 0.25) is 5.79 Å². The maximum atomic E-state index is 13.4.